The predicted octanol–water partition coefficient (Wildman–Crippen LogP) is 1.34. The van der Waals surface area contributed by atoms with Gasteiger partial charge in [0.15, 0.2) is 0 Å². The van der Waals surface area contributed by atoms with Crippen molar-refractivity contribution in [3.8, 4) is 0 Å². The summed E-state index contributed by atoms with van der Waals surface area (Å²) in [5, 5.41) is 14.8. The number of likely N-dealkylation sites (tertiary alicyclic amines) is 1. The summed E-state index contributed by atoms with van der Waals surface area (Å²) in [6.45, 7) is 9.36. The number of nitrogens with one attached hydrogen (secondary N) is 2. The van der Waals surface area contributed by atoms with Gasteiger partial charge in [0.1, 0.15) is 6.04 Å². The first-order chi connectivity index (χ1) is 10.3. The third-order valence-electron chi connectivity index (χ3n) is 3.91. The average molecular weight is 313 g/mol. The molecular weight excluding hydrogens is 282 g/mol. The van der Waals surface area contributed by atoms with Crippen LogP contribution in [0.4, 0.5) is 4.79 Å². The predicted molar refractivity (Wildman–Crippen MR) is 86.4 cm³/mol. The zero-order chi connectivity index (χ0) is 16.7. The lowest BCUT2D eigenvalue weighted by molar-refractivity contribution is -0.135. The van der Waals surface area contributed by atoms with Gasteiger partial charge >= 0.3 is 6.03 Å². The van der Waals surface area contributed by atoms with Crippen LogP contribution in [-0.2, 0) is 4.79 Å². The van der Waals surface area contributed by atoms with Gasteiger partial charge in [0.2, 0.25) is 5.91 Å². The van der Waals surface area contributed by atoms with Gasteiger partial charge in [0.05, 0.1) is 0 Å². The molecule has 1 fully saturated rings. The first-order valence-electron chi connectivity index (χ1n) is 8.30. The molecule has 0 aromatic heterocycles. The summed E-state index contributed by atoms with van der Waals surface area (Å²) >= 11 is 0. The zero-order valence-electron chi connectivity index (χ0n) is 14.3. The van der Waals surface area contributed by atoms with Gasteiger partial charge in [-0.25, -0.2) is 4.79 Å². The van der Waals surface area contributed by atoms with Crippen molar-refractivity contribution in [3.63, 3.8) is 0 Å². The van der Waals surface area contributed by atoms with Crippen molar-refractivity contribution < 1.29 is 14.7 Å². The van der Waals surface area contributed by atoms with Gasteiger partial charge in [-0.2, -0.15) is 0 Å². The number of carbonyl (C=O) groups is 2. The normalized spacial score (nSPS) is 17.7. The van der Waals surface area contributed by atoms with Crippen molar-refractivity contribution in [1.82, 2.24) is 15.5 Å². The molecule has 0 spiro atoms. The van der Waals surface area contributed by atoms with Crippen LogP contribution in [0.5, 0.6) is 0 Å². The minimum Gasteiger partial charge on any atom is -0.396 e. The molecule has 3 N–H and O–H groups in total. The molecule has 0 aromatic rings. The van der Waals surface area contributed by atoms with Gasteiger partial charge in [-0.05, 0) is 44.9 Å². The fourth-order valence-corrected chi connectivity index (χ4v) is 2.71. The topological polar surface area (TPSA) is 81.7 Å². The van der Waals surface area contributed by atoms with E-state index in [9.17, 15) is 14.7 Å². The Morgan fingerprint density at radius 2 is 1.73 bits per heavy atom. The van der Waals surface area contributed by atoms with Crippen LogP contribution in [0.1, 0.15) is 47.0 Å². The number of nitrogens with zero attached hydrogens (tertiary/aromatic N) is 1. The molecule has 1 atom stereocenters. The van der Waals surface area contributed by atoms with Crippen LogP contribution in [0.2, 0.25) is 0 Å². The highest BCUT2D eigenvalue weighted by molar-refractivity contribution is 5.87. The molecule has 0 radical (unpaired) electrons. The molecule has 1 aliphatic rings. The number of hydrogen-bond donors (Lipinski definition) is 3. The van der Waals surface area contributed by atoms with Crippen molar-refractivity contribution in [1.29, 1.82) is 0 Å². The number of piperidine rings is 1. The van der Waals surface area contributed by atoms with Gasteiger partial charge < -0.3 is 20.6 Å². The molecule has 1 rings (SSSR count). The molecule has 1 heterocycles. The Morgan fingerprint density at radius 3 is 2.18 bits per heavy atom. The van der Waals surface area contributed by atoms with Crippen LogP contribution in [0.25, 0.3) is 0 Å². The van der Waals surface area contributed by atoms with E-state index in [0.717, 1.165) is 12.8 Å². The summed E-state index contributed by atoms with van der Waals surface area (Å²) in [7, 11) is 0. The standard InChI is InChI=1S/C16H31N3O3/c1-11(2)9-14(18-16(22)17-12(3)4)15(21)19-7-5-13(10-20)6-8-19/h11-14,20H,5-10H2,1-4H3,(H2,17,18,22). The van der Waals surface area contributed by atoms with Crippen LogP contribution < -0.4 is 10.6 Å². The lowest BCUT2D eigenvalue weighted by atomic mass is 9.96. The number of aliphatic hydroxyl groups excluding tert-OH is 1. The average Bonchev–Trinajstić information content (AvgIpc) is 2.44. The summed E-state index contributed by atoms with van der Waals surface area (Å²) in [6.07, 6.45) is 2.29. The van der Waals surface area contributed by atoms with E-state index >= 15 is 0 Å². The SMILES string of the molecule is CC(C)CC(NC(=O)NC(C)C)C(=O)N1CCC(CO)CC1. The Hall–Kier alpha value is -1.30. The van der Waals surface area contributed by atoms with Crippen LogP contribution in [0.15, 0.2) is 0 Å². The Kier molecular flexibility index (Phi) is 7.65. The number of urea groups is 1. The highest BCUT2D eigenvalue weighted by Crippen LogP contribution is 2.18. The fourth-order valence-electron chi connectivity index (χ4n) is 2.71. The maximum atomic E-state index is 12.7. The Labute approximate surface area is 133 Å². The molecule has 6 heteroatoms. The van der Waals surface area contributed by atoms with E-state index in [1.165, 1.54) is 0 Å². The first-order valence-corrected chi connectivity index (χ1v) is 8.30. The first kappa shape index (κ1) is 18.7. The van der Waals surface area contributed by atoms with E-state index in [-0.39, 0.29) is 24.6 Å². The smallest absolute Gasteiger partial charge is 0.315 e. The van der Waals surface area contributed by atoms with Gasteiger partial charge in [-0.3, -0.25) is 4.79 Å². The highest BCUT2D eigenvalue weighted by Gasteiger charge is 2.29. The number of aliphatic hydroxyl groups is 1. The Morgan fingerprint density at radius 1 is 1.14 bits per heavy atom. The van der Waals surface area contributed by atoms with Crippen LogP contribution in [0.3, 0.4) is 0 Å². The molecule has 3 amide bonds. The minimum atomic E-state index is -0.482. The summed E-state index contributed by atoms with van der Waals surface area (Å²) < 4.78 is 0. The maximum absolute atomic E-state index is 12.7. The van der Waals surface area contributed by atoms with Crippen LogP contribution in [-0.4, -0.2) is 53.7 Å². The second-order valence-corrected chi connectivity index (χ2v) is 6.91. The number of hydrogen-bond acceptors (Lipinski definition) is 3. The van der Waals surface area contributed by atoms with E-state index in [1.807, 2.05) is 32.6 Å². The molecule has 0 aromatic carbocycles. The van der Waals surface area contributed by atoms with Crippen LogP contribution in [0, 0.1) is 11.8 Å². The lowest BCUT2D eigenvalue weighted by Gasteiger charge is -2.34. The van der Waals surface area contributed by atoms with Gasteiger partial charge in [-0.1, -0.05) is 13.8 Å². The second-order valence-electron chi connectivity index (χ2n) is 6.91. The lowest BCUT2D eigenvalue weighted by Crippen LogP contribution is -2.54. The molecule has 0 bridgehead atoms. The molecule has 1 aliphatic heterocycles. The molecule has 1 unspecified atom stereocenters. The molecule has 1 saturated heterocycles. The summed E-state index contributed by atoms with van der Waals surface area (Å²) in [5.74, 6) is 0.608. The van der Waals surface area contributed by atoms with E-state index in [1.54, 1.807) is 0 Å². The number of rotatable bonds is 6. The Bertz CT molecular complexity index is 364. The maximum Gasteiger partial charge on any atom is 0.315 e. The summed E-state index contributed by atoms with van der Waals surface area (Å²) in [6, 6.07) is -0.737. The zero-order valence-corrected chi connectivity index (χ0v) is 14.3. The van der Waals surface area contributed by atoms with E-state index in [2.05, 4.69) is 10.6 Å². The minimum absolute atomic E-state index is 0.0102. The van der Waals surface area contributed by atoms with Crippen LogP contribution >= 0.6 is 0 Å². The van der Waals surface area contributed by atoms with E-state index in [0.29, 0.717) is 31.3 Å². The molecule has 0 aliphatic carbocycles. The van der Waals surface area contributed by atoms with Crippen molar-refractivity contribution in [2.75, 3.05) is 19.7 Å². The highest BCUT2D eigenvalue weighted by atomic mass is 16.3. The van der Waals surface area contributed by atoms with Crippen molar-refractivity contribution in [3.05, 3.63) is 0 Å². The van der Waals surface area contributed by atoms with E-state index < -0.39 is 6.04 Å². The van der Waals surface area contributed by atoms with Gasteiger partial charge in [0, 0.05) is 25.7 Å². The summed E-state index contributed by atoms with van der Waals surface area (Å²) in [5.41, 5.74) is 0. The molecule has 0 saturated carbocycles. The molecule has 128 valence electrons. The number of carbonyl (C=O) groups excluding carboxylic acids is 2. The molecular formula is C16H31N3O3. The molecule has 6 nitrogen and oxygen atoms in total. The van der Waals surface area contributed by atoms with Gasteiger partial charge in [-0.15, -0.1) is 0 Å². The van der Waals surface area contributed by atoms with E-state index in [4.69, 9.17) is 0 Å². The van der Waals surface area contributed by atoms with Gasteiger partial charge in [0.25, 0.3) is 0 Å². The summed E-state index contributed by atoms with van der Waals surface area (Å²) in [4.78, 5) is 26.4. The number of amides is 3. The third-order valence-corrected chi connectivity index (χ3v) is 3.91. The monoisotopic (exact) mass is 313 g/mol. The fraction of sp³-hybridized carbons (Fsp3) is 0.875. The molecule has 22 heavy (non-hydrogen) atoms. The van der Waals surface area contributed by atoms with Crippen molar-refractivity contribution in [2.45, 2.75) is 59.0 Å². The van der Waals surface area contributed by atoms with Crippen molar-refractivity contribution in [2.24, 2.45) is 11.8 Å². The quantitative estimate of drug-likeness (QED) is 0.692. The third kappa shape index (κ3) is 6.22. The Balaban J connectivity index is 2.62. The largest absolute Gasteiger partial charge is 0.396 e. The van der Waals surface area contributed by atoms with Crippen molar-refractivity contribution >= 4 is 11.9 Å². The second kappa shape index (κ2) is 8.98.